The molecule has 0 atom stereocenters. The van der Waals surface area contributed by atoms with E-state index in [1.54, 1.807) is 6.92 Å². The van der Waals surface area contributed by atoms with Crippen LogP contribution in [0.4, 0.5) is 0 Å². The van der Waals surface area contributed by atoms with Crippen LogP contribution in [0.5, 0.6) is 0 Å². The minimum Gasteiger partial charge on any atom is -0.459 e. The second-order valence-corrected chi connectivity index (χ2v) is 4.22. The first-order valence-electron chi connectivity index (χ1n) is 4.89. The third kappa shape index (κ3) is 4.94. The highest BCUT2D eigenvalue weighted by Crippen LogP contribution is 2.05. The molecule has 0 aliphatic heterocycles. The van der Waals surface area contributed by atoms with Crippen molar-refractivity contribution < 1.29 is 14.3 Å². The minimum atomic E-state index is -0.938. The quantitative estimate of drug-likeness (QED) is 0.295. The van der Waals surface area contributed by atoms with Gasteiger partial charge in [0.1, 0.15) is 0 Å². The Morgan fingerprint density at radius 2 is 2.29 bits per heavy atom. The summed E-state index contributed by atoms with van der Waals surface area (Å²) < 4.78 is 5.56. The van der Waals surface area contributed by atoms with Gasteiger partial charge in [-0.05, 0) is 47.2 Å². The molecule has 0 heterocycles. The topological polar surface area (TPSA) is 67.8 Å². The molecule has 0 aliphatic carbocycles. The summed E-state index contributed by atoms with van der Waals surface area (Å²) in [6.45, 7) is 1.78. The van der Waals surface area contributed by atoms with Crippen molar-refractivity contribution in [3.8, 4) is 0 Å². The number of benzene rings is 1. The largest absolute Gasteiger partial charge is 0.459 e. The molecule has 1 amide bonds. The van der Waals surface area contributed by atoms with Gasteiger partial charge in [-0.2, -0.15) is 5.10 Å². The van der Waals surface area contributed by atoms with Gasteiger partial charge in [0.05, 0.1) is 12.8 Å². The Morgan fingerprint density at radius 1 is 1.53 bits per heavy atom. The predicted molar refractivity (Wildman–Crippen MR) is 71.5 cm³/mol. The number of esters is 1. The van der Waals surface area contributed by atoms with Gasteiger partial charge >= 0.3 is 11.9 Å². The van der Waals surface area contributed by atoms with E-state index >= 15 is 0 Å². The molecule has 17 heavy (non-hydrogen) atoms. The van der Waals surface area contributed by atoms with Crippen LogP contribution < -0.4 is 5.43 Å². The summed E-state index contributed by atoms with van der Waals surface area (Å²) in [7, 11) is 0. The van der Waals surface area contributed by atoms with Gasteiger partial charge in [0.15, 0.2) is 0 Å². The number of nitrogens with one attached hydrogen (secondary N) is 1. The maximum Gasteiger partial charge on any atom is 0.398 e. The monoisotopic (exact) mass is 346 g/mol. The van der Waals surface area contributed by atoms with Crippen LogP contribution in [0, 0.1) is 3.57 Å². The zero-order valence-electron chi connectivity index (χ0n) is 9.14. The third-order valence-electron chi connectivity index (χ3n) is 1.69. The minimum absolute atomic E-state index is 0.160. The summed E-state index contributed by atoms with van der Waals surface area (Å²) >= 11 is 2.17. The lowest BCUT2D eigenvalue weighted by Gasteiger charge is -1.99. The number of carbonyl (C=O) groups excluding carboxylic acids is 2. The van der Waals surface area contributed by atoms with E-state index in [4.69, 9.17) is 0 Å². The van der Waals surface area contributed by atoms with Gasteiger partial charge < -0.3 is 4.74 Å². The molecule has 1 aromatic carbocycles. The van der Waals surface area contributed by atoms with E-state index in [-0.39, 0.29) is 6.61 Å². The lowest BCUT2D eigenvalue weighted by molar-refractivity contribution is -0.154. The number of hydrogen-bond acceptors (Lipinski definition) is 4. The number of rotatable bonds is 3. The van der Waals surface area contributed by atoms with Crippen molar-refractivity contribution in [1.29, 1.82) is 0 Å². The molecule has 0 bridgehead atoms. The van der Waals surface area contributed by atoms with Crippen LogP contribution in [0.2, 0.25) is 0 Å². The van der Waals surface area contributed by atoms with Crippen molar-refractivity contribution in [3.05, 3.63) is 33.4 Å². The van der Waals surface area contributed by atoms with E-state index in [2.05, 4.69) is 37.9 Å². The Kier molecular flexibility index (Phi) is 5.61. The van der Waals surface area contributed by atoms with Crippen molar-refractivity contribution in [2.75, 3.05) is 6.61 Å². The smallest absolute Gasteiger partial charge is 0.398 e. The van der Waals surface area contributed by atoms with Crippen LogP contribution in [-0.4, -0.2) is 24.7 Å². The highest BCUT2D eigenvalue weighted by molar-refractivity contribution is 14.1. The summed E-state index contributed by atoms with van der Waals surface area (Å²) in [5.41, 5.74) is 2.92. The van der Waals surface area contributed by atoms with Crippen molar-refractivity contribution in [2.45, 2.75) is 6.92 Å². The molecule has 0 aliphatic rings. The second-order valence-electron chi connectivity index (χ2n) is 2.97. The molecule has 6 heteroatoms. The molecule has 5 nitrogen and oxygen atoms in total. The highest BCUT2D eigenvalue weighted by atomic mass is 127. The van der Waals surface area contributed by atoms with E-state index in [0.717, 1.165) is 9.13 Å². The Hall–Kier alpha value is -1.44. The van der Waals surface area contributed by atoms with E-state index in [0.29, 0.717) is 0 Å². The first-order valence-corrected chi connectivity index (χ1v) is 5.97. The molecule has 0 fully saturated rings. The zero-order chi connectivity index (χ0) is 12.7. The predicted octanol–water partition coefficient (Wildman–Crippen LogP) is 1.30. The molecule has 0 radical (unpaired) electrons. The summed E-state index contributed by atoms with van der Waals surface area (Å²) in [6.07, 6.45) is 1.46. The molecule has 90 valence electrons. The van der Waals surface area contributed by atoms with E-state index < -0.39 is 11.9 Å². The molecule has 0 saturated heterocycles. The van der Waals surface area contributed by atoms with Gasteiger partial charge in [-0.25, -0.2) is 10.2 Å². The maximum atomic E-state index is 11.1. The van der Waals surface area contributed by atoms with Crippen LogP contribution in [0.1, 0.15) is 12.5 Å². The Labute approximate surface area is 112 Å². The van der Waals surface area contributed by atoms with Crippen molar-refractivity contribution in [1.82, 2.24) is 5.43 Å². The van der Waals surface area contributed by atoms with Crippen LogP contribution in [0.3, 0.4) is 0 Å². The Bertz CT molecular complexity index is 446. The van der Waals surface area contributed by atoms with Gasteiger partial charge in [0.25, 0.3) is 0 Å². The first kappa shape index (κ1) is 13.6. The molecule has 0 saturated carbocycles. The summed E-state index contributed by atoms with van der Waals surface area (Å²) in [4.78, 5) is 22.0. The molecule has 1 rings (SSSR count). The van der Waals surface area contributed by atoms with Gasteiger partial charge in [-0.1, -0.05) is 12.1 Å². The number of carbonyl (C=O) groups is 2. The van der Waals surface area contributed by atoms with Gasteiger partial charge in [-0.15, -0.1) is 0 Å². The molecule has 0 spiro atoms. The Morgan fingerprint density at radius 3 is 2.94 bits per heavy atom. The molecular weight excluding hydrogens is 335 g/mol. The van der Waals surface area contributed by atoms with Crippen LogP contribution >= 0.6 is 22.6 Å². The van der Waals surface area contributed by atoms with Gasteiger partial charge in [-0.3, -0.25) is 4.79 Å². The number of ether oxygens (including phenoxy) is 1. The Balaban J connectivity index is 2.50. The summed E-state index contributed by atoms with van der Waals surface area (Å²) in [6, 6.07) is 7.54. The average Bonchev–Trinajstić information content (AvgIpc) is 2.29. The number of amides is 1. The number of hydrazone groups is 1. The SMILES string of the molecule is CCOC(=O)C(=O)N/N=C/c1cccc(I)c1. The number of nitrogens with zero attached hydrogens (tertiary/aromatic N) is 1. The molecular formula is C11H11IN2O3. The highest BCUT2D eigenvalue weighted by Gasteiger charge is 2.12. The lowest BCUT2D eigenvalue weighted by Crippen LogP contribution is -2.28. The normalized spacial score (nSPS) is 10.2. The molecule has 1 N–H and O–H groups in total. The van der Waals surface area contributed by atoms with Crippen LogP contribution in [0.15, 0.2) is 29.4 Å². The lowest BCUT2D eigenvalue weighted by atomic mass is 10.2. The molecule has 0 aromatic heterocycles. The zero-order valence-corrected chi connectivity index (χ0v) is 11.3. The maximum absolute atomic E-state index is 11.1. The van der Waals surface area contributed by atoms with Crippen molar-refractivity contribution in [3.63, 3.8) is 0 Å². The fourth-order valence-corrected chi connectivity index (χ4v) is 1.56. The number of halogens is 1. The average molecular weight is 346 g/mol. The van der Waals surface area contributed by atoms with E-state index in [9.17, 15) is 9.59 Å². The fourth-order valence-electron chi connectivity index (χ4n) is 0.995. The van der Waals surface area contributed by atoms with E-state index in [1.807, 2.05) is 24.3 Å². The fraction of sp³-hybridized carbons (Fsp3) is 0.182. The van der Waals surface area contributed by atoms with Gasteiger partial charge in [0, 0.05) is 3.57 Å². The number of hydrogen-bond donors (Lipinski definition) is 1. The van der Waals surface area contributed by atoms with Crippen molar-refractivity contribution >= 4 is 40.7 Å². The first-order chi connectivity index (χ1) is 8.13. The third-order valence-corrected chi connectivity index (χ3v) is 2.36. The van der Waals surface area contributed by atoms with Gasteiger partial charge in [0.2, 0.25) is 0 Å². The molecule has 0 unspecified atom stereocenters. The van der Waals surface area contributed by atoms with Crippen molar-refractivity contribution in [2.24, 2.45) is 5.10 Å². The van der Waals surface area contributed by atoms with Crippen LogP contribution in [0.25, 0.3) is 0 Å². The van der Waals surface area contributed by atoms with E-state index in [1.165, 1.54) is 6.21 Å². The molecule has 1 aromatic rings. The standard InChI is InChI=1S/C11H11IN2O3/c1-2-17-11(16)10(15)14-13-7-8-4-3-5-9(12)6-8/h3-7H,2H2,1H3,(H,14,15)/b13-7+. The second kappa shape index (κ2) is 7.00. The van der Waals surface area contributed by atoms with Crippen LogP contribution in [-0.2, 0) is 14.3 Å². The summed E-state index contributed by atoms with van der Waals surface area (Å²) in [5.74, 6) is -1.82. The summed E-state index contributed by atoms with van der Waals surface area (Å²) in [5, 5.41) is 3.66.